The van der Waals surface area contributed by atoms with Gasteiger partial charge in [0, 0.05) is 11.9 Å². The van der Waals surface area contributed by atoms with E-state index in [4.69, 9.17) is 5.73 Å². The minimum absolute atomic E-state index is 0. The number of fused-ring (bicyclic) bond motifs is 1. The standard InChI is InChI=1S/C17H20N6.HI/c1-12(2)13-6-5-7-14(10-13)20-17(18)19-11-16-22-21-15-8-3-4-9-23(15)16;/h3-10,12H,11H2,1-2H3,(H3,18,19,20);1H. The summed E-state index contributed by atoms with van der Waals surface area (Å²) in [4.78, 5) is 4.35. The van der Waals surface area contributed by atoms with Crippen molar-refractivity contribution in [1.29, 1.82) is 0 Å². The van der Waals surface area contributed by atoms with Crippen LogP contribution in [-0.2, 0) is 6.54 Å². The van der Waals surface area contributed by atoms with Crippen LogP contribution in [0.3, 0.4) is 0 Å². The molecule has 0 bridgehead atoms. The van der Waals surface area contributed by atoms with Crippen LogP contribution < -0.4 is 11.1 Å². The second-order valence-corrected chi connectivity index (χ2v) is 5.65. The van der Waals surface area contributed by atoms with Gasteiger partial charge in [-0.1, -0.05) is 32.0 Å². The summed E-state index contributed by atoms with van der Waals surface area (Å²) < 4.78 is 1.90. The van der Waals surface area contributed by atoms with E-state index in [0.29, 0.717) is 18.4 Å². The van der Waals surface area contributed by atoms with Gasteiger partial charge >= 0.3 is 0 Å². The van der Waals surface area contributed by atoms with Gasteiger partial charge in [-0.2, -0.15) is 0 Å². The molecule has 126 valence electrons. The monoisotopic (exact) mass is 436 g/mol. The van der Waals surface area contributed by atoms with E-state index in [0.717, 1.165) is 17.2 Å². The molecule has 0 aliphatic heterocycles. The van der Waals surface area contributed by atoms with Gasteiger partial charge < -0.3 is 11.1 Å². The van der Waals surface area contributed by atoms with Crippen LogP contribution in [0.1, 0.15) is 31.2 Å². The topological polar surface area (TPSA) is 80.6 Å². The lowest BCUT2D eigenvalue weighted by atomic mass is 10.0. The fraction of sp³-hybridized carbons (Fsp3) is 0.235. The quantitative estimate of drug-likeness (QED) is 0.373. The van der Waals surface area contributed by atoms with E-state index in [-0.39, 0.29) is 24.0 Å². The lowest BCUT2D eigenvalue weighted by Crippen LogP contribution is -2.22. The molecule has 3 aromatic rings. The number of nitrogens with one attached hydrogen (secondary N) is 1. The number of hydrogen-bond donors (Lipinski definition) is 2. The van der Waals surface area contributed by atoms with Gasteiger partial charge in [0.2, 0.25) is 0 Å². The molecule has 6 nitrogen and oxygen atoms in total. The van der Waals surface area contributed by atoms with Gasteiger partial charge in [0.15, 0.2) is 17.4 Å². The van der Waals surface area contributed by atoms with E-state index in [1.807, 2.05) is 40.9 Å². The van der Waals surface area contributed by atoms with Crippen LogP contribution in [0.15, 0.2) is 53.7 Å². The molecular weight excluding hydrogens is 415 g/mol. The molecule has 3 N–H and O–H groups in total. The van der Waals surface area contributed by atoms with Crippen LogP contribution in [0.2, 0.25) is 0 Å². The van der Waals surface area contributed by atoms with Crippen LogP contribution in [-0.4, -0.2) is 20.6 Å². The maximum absolute atomic E-state index is 5.97. The summed E-state index contributed by atoms with van der Waals surface area (Å²) >= 11 is 0. The first-order chi connectivity index (χ1) is 11.1. The van der Waals surface area contributed by atoms with E-state index < -0.39 is 0 Å². The van der Waals surface area contributed by atoms with Crippen LogP contribution in [0.5, 0.6) is 0 Å². The van der Waals surface area contributed by atoms with Crippen molar-refractivity contribution in [2.75, 3.05) is 5.32 Å². The number of hydrogen-bond acceptors (Lipinski definition) is 3. The molecule has 0 fully saturated rings. The zero-order chi connectivity index (χ0) is 16.2. The predicted molar refractivity (Wildman–Crippen MR) is 108 cm³/mol. The average Bonchev–Trinajstić information content (AvgIpc) is 2.96. The minimum atomic E-state index is 0. The van der Waals surface area contributed by atoms with E-state index in [9.17, 15) is 0 Å². The zero-order valence-corrected chi connectivity index (χ0v) is 16.0. The molecule has 7 heteroatoms. The summed E-state index contributed by atoms with van der Waals surface area (Å²) in [6, 6.07) is 13.9. The van der Waals surface area contributed by atoms with Crippen molar-refractivity contribution in [3.63, 3.8) is 0 Å². The van der Waals surface area contributed by atoms with Crippen molar-refractivity contribution >= 4 is 41.3 Å². The Bertz CT molecular complexity index is 840. The third-order valence-electron chi connectivity index (χ3n) is 3.60. The zero-order valence-electron chi connectivity index (χ0n) is 13.7. The fourth-order valence-corrected chi connectivity index (χ4v) is 2.32. The van der Waals surface area contributed by atoms with Crippen molar-refractivity contribution < 1.29 is 0 Å². The van der Waals surface area contributed by atoms with Crippen molar-refractivity contribution in [1.82, 2.24) is 14.6 Å². The highest BCUT2D eigenvalue weighted by Crippen LogP contribution is 2.18. The smallest absolute Gasteiger partial charge is 0.193 e. The first kappa shape index (κ1) is 18.2. The number of halogens is 1. The summed E-state index contributed by atoms with van der Waals surface area (Å²) in [5, 5.41) is 11.3. The third kappa shape index (κ3) is 4.22. The van der Waals surface area contributed by atoms with Crippen LogP contribution in [0.4, 0.5) is 5.69 Å². The summed E-state index contributed by atoms with van der Waals surface area (Å²) in [6.45, 7) is 4.69. The van der Waals surface area contributed by atoms with Gasteiger partial charge in [-0.05, 0) is 35.7 Å². The molecule has 0 saturated heterocycles. The summed E-state index contributed by atoms with van der Waals surface area (Å²) in [7, 11) is 0. The SMILES string of the molecule is CC(C)c1cccc(NC(N)=NCc2nnc3ccccn23)c1.I. The Labute approximate surface area is 158 Å². The Balaban J connectivity index is 0.00000208. The number of guanidine groups is 1. The van der Waals surface area contributed by atoms with E-state index in [1.165, 1.54) is 5.56 Å². The summed E-state index contributed by atoms with van der Waals surface area (Å²) in [5.41, 5.74) is 8.96. The van der Waals surface area contributed by atoms with Gasteiger partial charge in [0.05, 0.1) is 0 Å². The third-order valence-corrected chi connectivity index (χ3v) is 3.60. The molecule has 0 spiro atoms. The second-order valence-electron chi connectivity index (χ2n) is 5.65. The molecule has 0 radical (unpaired) electrons. The van der Waals surface area contributed by atoms with Crippen LogP contribution in [0.25, 0.3) is 5.65 Å². The molecule has 1 aromatic carbocycles. The number of benzene rings is 1. The second kappa shape index (κ2) is 8.09. The van der Waals surface area contributed by atoms with E-state index >= 15 is 0 Å². The fourth-order valence-electron chi connectivity index (χ4n) is 2.32. The summed E-state index contributed by atoms with van der Waals surface area (Å²) in [5.74, 6) is 1.58. The van der Waals surface area contributed by atoms with Gasteiger partial charge in [0.25, 0.3) is 0 Å². The van der Waals surface area contributed by atoms with Gasteiger partial charge in [0.1, 0.15) is 6.54 Å². The predicted octanol–water partition coefficient (Wildman–Crippen LogP) is 3.40. The normalized spacial score (nSPS) is 11.5. The Hall–Kier alpha value is -2.16. The highest BCUT2D eigenvalue weighted by Gasteiger charge is 2.04. The van der Waals surface area contributed by atoms with Crippen molar-refractivity contribution in [3.05, 3.63) is 60.0 Å². The van der Waals surface area contributed by atoms with Gasteiger partial charge in [-0.15, -0.1) is 34.2 Å². The molecule has 0 amide bonds. The van der Waals surface area contributed by atoms with Gasteiger partial charge in [-0.25, -0.2) is 4.99 Å². The molecule has 0 saturated carbocycles. The molecule has 0 aliphatic rings. The molecular formula is C17H21IN6. The highest BCUT2D eigenvalue weighted by molar-refractivity contribution is 14.0. The number of anilines is 1. The van der Waals surface area contributed by atoms with Gasteiger partial charge in [-0.3, -0.25) is 4.40 Å². The molecule has 0 aliphatic carbocycles. The molecule has 2 aromatic heterocycles. The molecule has 24 heavy (non-hydrogen) atoms. The Kier molecular flexibility index (Phi) is 6.13. The molecule has 3 rings (SSSR count). The van der Waals surface area contributed by atoms with Crippen molar-refractivity contribution in [2.24, 2.45) is 10.7 Å². The number of nitrogens with zero attached hydrogens (tertiary/aromatic N) is 4. The Morgan fingerprint density at radius 1 is 1.21 bits per heavy atom. The number of aromatic nitrogens is 3. The van der Waals surface area contributed by atoms with E-state index in [1.54, 1.807) is 0 Å². The number of nitrogens with two attached hydrogens (primary N) is 1. The lowest BCUT2D eigenvalue weighted by molar-refractivity contribution is 0.867. The van der Waals surface area contributed by atoms with Crippen molar-refractivity contribution in [3.8, 4) is 0 Å². The van der Waals surface area contributed by atoms with Crippen LogP contribution in [0, 0.1) is 0 Å². The van der Waals surface area contributed by atoms with Crippen molar-refractivity contribution in [2.45, 2.75) is 26.3 Å². The summed E-state index contributed by atoms with van der Waals surface area (Å²) in [6.07, 6.45) is 1.91. The van der Waals surface area contributed by atoms with E-state index in [2.05, 4.69) is 46.5 Å². The maximum atomic E-state index is 5.97. The number of rotatable bonds is 4. The lowest BCUT2D eigenvalue weighted by Gasteiger charge is -2.09. The Morgan fingerprint density at radius 3 is 2.83 bits per heavy atom. The number of pyridine rings is 1. The number of aliphatic imine (C=N–C) groups is 1. The first-order valence-corrected chi connectivity index (χ1v) is 7.59. The highest BCUT2D eigenvalue weighted by atomic mass is 127. The average molecular weight is 436 g/mol. The molecule has 2 heterocycles. The maximum Gasteiger partial charge on any atom is 0.193 e. The molecule has 0 atom stereocenters. The first-order valence-electron chi connectivity index (χ1n) is 7.59. The molecule has 0 unspecified atom stereocenters. The van der Waals surface area contributed by atoms with Crippen LogP contribution >= 0.6 is 24.0 Å². The largest absolute Gasteiger partial charge is 0.370 e. The minimum Gasteiger partial charge on any atom is -0.370 e. The Morgan fingerprint density at radius 2 is 2.04 bits per heavy atom.